The minimum absolute atomic E-state index is 0.173. The zero-order valence-corrected chi connectivity index (χ0v) is 13.3. The van der Waals surface area contributed by atoms with Crippen LogP contribution in [0.1, 0.15) is 11.1 Å². The molecule has 0 aromatic heterocycles. The van der Waals surface area contributed by atoms with E-state index in [2.05, 4.69) is 34.9 Å². The Kier molecular flexibility index (Phi) is 5.06. The number of urea groups is 1. The van der Waals surface area contributed by atoms with Crippen molar-refractivity contribution < 1.29 is 9.18 Å². The van der Waals surface area contributed by atoms with Gasteiger partial charge in [-0.3, -0.25) is 0 Å². The molecule has 0 radical (unpaired) electrons. The molecule has 0 aliphatic carbocycles. The fourth-order valence-electron chi connectivity index (χ4n) is 2.70. The highest BCUT2D eigenvalue weighted by Gasteiger charge is 2.05. The van der Waals surface area contributed by atoms with Gasteiger partial charge >= 0.3 is 6.03 Å². The van der Waals surface area contributed by atoms with Crippen LogP contribution in [0.2, 0.25) is 0 Å². The average molecular weight is 322 g/mol. The number of nitrogens with one attached hydrogen (secondary N) is 2. The summed E-state index contributed by atoms with van der Waals surface area (Å²) in [5.41, 5.74) is 1.67. The number of hydrogen-bond donors (Lipinski definition) is 2. The first-order valence-electron chi connectivity index (χ1n) is 7.96. The molecule has 0 atom stereocenters. The maximum atomic E-state index is 13.5. The fourth-order valence-corrected chi connectivity index (χ4v) is 2.70. The minimum atomic E-state index is -0.312. The van der Waals surface area contributed by atoms with E-state index in [-0.39, 0.29) is 18.4 Å². The lowest BCUT2D eigenvalue weighted by atomic mass is 10.0. The van der Waals surface area contributed by atoms with Gasteiger partial charge in [0.05, 0.1) is 0 Å². The molecule has 3 rings (SSSR count). The Labute approximate surface area is 140 Å². The first kappa shape index (κ1) is 16.0. The van der Waals surface area contributed by atoms with Crippen molar-refractivity contribution >= 4 is 16.8 Å². The summed E-state index contributed by atoms with van der Waals surface area (Å²) < 4.78 is 13.5. The summed E-state index contributed by atoms with van der Waals surface area (Å²) in [6.07, 6.45) is 0.745. The predicted molar refractivity (Wildman–Crippen MR) is 94.3 cm³/mol. The van der Waals surface area contributed by atoms with Gasteiger partial charge in [-0.1, -0.05) is 60.7 Å². The van der Waals surface area contributed by atoms with Crippen LogP contribution in [0.3, 0.4) is 0 Å². The van der Waals surface area contributed by atoms with Crippen molar-refractivity contribution in [1.82, 2.24) is 10.6 Å². The highest BCUT2D eigenvalue weighted by molar-refractivity contribution is 5.85. The first-order valence-corrected chi connectivity index (χ1v) is 7.96. The summed E-state index contributed by atoms with van der Waals surface area (Å²) in [5.74, 6) is -0.312. The van der Waals surface area contributed by atoms with Crippen LogP contribution in [0.4, 0.5) is 9.18 Å². The summed E-state index contributed by atoms with van der Waals surface area (Å²) in [6, 6.07) is 20.5. The fraction of sp³-hybridized carbons (Fsp3) is 0.150. The highest BCUT2D eigenvalue weighted by Crippen LogP contribution is 2.18. The molecular formula is C20H19FN2O. The van der Waals surface area contributed by atoms with Crippen LogP contribution in [0, 0.1) is 5.82 Å². The van der Waals surface area contributed by atoms with Gasteiger partial charge in [0.2, 0.25) is 0 Å². The van der Waals surface area contributed by atoms with E-state index in [4.69, 9.17) is 0 Å². The number of amides is 2. The van der Waals surface area contributed by atoms with Crippen LogP contribution in [-0.2, 0) is 13.0 Å². The molecule has 0 spiro atoms. The molecule has 3 aromatic rings. The molecule has 0 heterocycles. The van der Waals surface area contributed by atoms with E-state index < -0.39 is 0 Å². The molecule has 3 aromatic carbocycles. The van der Waals surface area contributed by atoms with E-state index >= 15 is 0 Å². The molecule has 2 amide bonds. The molecule has 4 heteroatoms. The molecule has 0 aliphatic heterocycles. The number of hydrogen-bond acceptors (Lipinski definition) is 1. The van der Waals surface area contributed by atoms with E-state index in [1.54, 1.807) is 18.2 Å². The van der Waals surface area contributed by atoms with E-state index in [9.17, 15) is 9.18 Å². The number of rotatable bonds is 5. The van der Waals surface area contributed by atoms with Crippen molar-refractivity contribution in [3.63, 3.8) is 0 Å². The molecule has 0 saturated heterocycles. The Bertz CT molecular complexity index is 842. The molecule has 24 heavy (non-hydrogen) atoms. The second-order valence-corrected chi connectivity index (χ2v) is 5.59. The van der Waals surface area contributed by atoms with E-state index in [0.717, 1.165) is 6.42 Å². The Hall–Kier alpha value is -2.88. The molecule has 0 saturated carbocycles. The maximum absolute atomic E-state index is 13.5. The van der Waals surface area contributed by atoms with Gasteiger partial charge < -0.3 is 10.6 Å². The van der Waals surface area contributed by atoms with Crippen LogP contribution < -0.4 is 10.6 Å². The Morgan fingerprint density at radius 2 is 1.54 bits per heavy atom. The monoisotopic (exact) mass is 322 g/mol. The number of carbonyl (C=O) groups excluding carboxylic acids is 1. The lowest BCUT2D eigenvalue weighted by Crippen LogP contribution is -2.36. The molecule has 0 unspecified atom stereocenters. The van der Waals surface area contributed by atoms with Crippen LogP contribution in [-0.4, -0.2) is 12.6 Å². The lowest BCUT2D eigenvalue weighted by molar-refractivity contribution is 0.240. The van der Waals surface area contributed by atoms with Crippen molar-refractivity contribution in [3.8, 4) is 0 Å². The number of halogens is 1. The van der Waals surface area contributed by atoms with Gasteiger partial charge in [-0.15, -0.1) is 0 Å². The normalized spacial score (nSPS) is 10.5. The Morgan fingerprint density at radius 3 is 2.42 bits per heavy atom. The summed E-state index contributed by atoms with van der Waals surface area (Å²) in [5, 5.41) is 7.88. The zero-order valence-electron chi connectivity index (χ0n) is 13.3. The quantitative estimate of drug-likeness (QED) is 0.732. The van der Waals surface area contributed by atoms with Crippen molar-refractivity contribution in [3.05, 3.63) is 83.7 Å². The van der Waals surface area contributed by atoms with Gasteiger partial charge in [0.1, 0.15) is 5.82 Å². The number of carbonyl (C=O) groups is 1. The van der Waals surface area contributed by atoms with Gasteiger partial charge in [0.25, 0.3) is 0 Å². The standard InChI is InChI=1S/C20H19FN2O/c21-19-11-4-2-7-17(19)14-23-20(24)22-13-12-16-9-5-8-15-6-1-3-10-18(15)16/h1-11H,12-14H2,(H2,22,23,24). The molecule has 2 N–H and O–H groups in total. The SMILES string of the molecule is O=C(NCCc1cccc2ccccc12)NCc1ccccc1F. The second kappa shape index (κ2) is 7.59. The minimum Gasteiger partial charge on any atom is -0.338 e. The van der Waals surface area contributed by atoms with E-state index in [1.165, 1.54) is 22.4 Å². The van der Waals surface area contributed by atoms with Crippen LogP contribution in [0.15, 0.2) is 66.7 Å². The van der Waals surface area contributed by atoms with Gasteiger partial charge in [-0.05, 0) is 28.8 Å². The third-order valence-corrected chi connectivity index (χ3v) is 3.96. The van der Waals surface area contributed by atoms with Gasteiger partial charge in [0.15, 0.2) is 0 Å². The summed E-state index contributed by atoms with van der Waals surface area (Å²) in [6.45, 7) is 0.698. The van der Waals surface area contributed by atoms with Crippen molar-refractivity contribution in [2.45, 2.75) is 13.0 Å². The maximum Gasteiger partial charge on any atom is 0.315 e. The lowest BCUT2D eigenvalue weighted by Gasteiger charge is -2.10. The largest absolute Gasteiger partial charge is 0.338 e. The smallest absolute Gasteiger partial charge is 0.315 e. The average Bonchev–Trinajstić information content (AvgIpc) is 2.61. The topological polar surface area (TPSA) is 41.1 Å². The van der Waals surface area contributed by atoms with Crippen molar-refractivity contribution in [1.29, 1.82) is 0 Å². The van der Waals surface area contributed by atoms with E-state index in [1.807, 2.05) is 18.2 Å². The summed E-state index contributed by atoms with van der Waals surface area (Å²) >= 11 is 0. The molecule has 0 fully saturated rings. The summed E-state index contributed by atoms with van der Waals surface area (Å²) in [7, 11) is 0. The molecule has 0 aliphatic rings. The Balaban J connectivity index is 1.51. The van der Waals surface area contributed by atoms with E-state index in [0.29, 0.717) is 12.1 Å². The zero-order chi connectivity index (χ0) is 16.8. The van der Waals surface area contributed by atoms with Gasteiger partial charge in [-0.2, -0.15) is 0 Å². The Morgan fingerprint density at radius 1 is 0.833 bits per heavy atom. The third kappa shape index (κ3) is 3.90. The van der Waals surface area contributed by atoms with Gasteiger partial charge in [0, 0.05) is 18.7 Å². The molecule has 122 valence electrons. The molecule has 0 bridgehead atoms. The van der Waals surface area contributed by atoms with Crippen LogP contribution in [0.25, 0.3) is 10.8 Å². The molecule has 3 nitrogen and oxygen atoms in total. The number of benzene rings is 3. The van der Waals surface area contributed by atoms with Crippen LogP contribution >= 0.6 is 0 Å². The van der Waals surface area contributed by atoms with Crippen molar-refractivity contribution in [2.24, 2.45) is 0 Å². The predicted octanol–water partition coefficient (Wildman–Crippen LogP) is 4.02. The van der Waals surface area contributed by atoms with Gasteiger partial charge in [-0.25, -0.2) is 9.18 Å². The third-order valence-electron chi connectivity index (χ3n) is 3.96. The highest BCUT2D eigenvalue weighted by atomic mass is 19.1. The van der Waals surface area contributed by atoms with Crippen molar-refractivity contribution in [2.75, 3.05) is 6.54 Å². The first-order chi connectivity index (χ1) is 11.7. The second-order valence-electron chi connectivity index (χ2n) is 5.59. The molecular weight excluding hydrogens is 303 g/mol. The van der Waals surface area contributed by atoms with Crippen LogP contribution in [0.5, 0.6) is 0 Å². The summed E-state index contributed by atoms with van der Waals surface area (Å²) in [4.78, 5) is 11.8. The number of fused-ring (bicyclic) bond motifs is 1.